The molecule has 1 aliphatic heterocycles. The lowest BCUT2D eigenvalue weighted by atomic mass is 9.97. The number of hydrogen-bond acceptors (Lipinski definition) is 2. The van der Waals surface area contributed by atoms with Gasteiger partial charge >= 0.3 is 0 Å². The highest BCUT2D eigenvalue weighted by Crippen LogP contribution is 2.35. The van der Waals surface area contributed by atoms with E-state index in [1.165, 1.54) is 0 Å². The van der Waals surface area contributed by atoms with Gasteiger partial charge in [0.15, 0.2) is 5.11 Å². The fraction of sp³-hybridized carbons (Fsp3) is 0.188. The van der Waals surface area contributed by atoms with E-state index in [1.807, 2.05) is 47.5 Å². The minimum absolute atomic E-state index is 0.547. The van der Waals surface area contributed by atoms with E-state index < -0.39 is 5.66 Å². The molecule has 0 amide bonds. The second kappa shape index (κ2) is 6.05. The second-order valence-corrected chi connectivity index (χ2v) is 6.33. The van der Waals surface area contributed by atoms with Gasteiger partial charge in [0.05, 0.1) is 5.69 Å². The zero-order valence-corrected chi connectivity index (χ0v) is 14.3. The van der Waals surface area contributed by atoms with E-state index in [0.717, 1.165) is 17.7 Å². The SMILES string of the molecule is CC[C@]1(c2ccc(Cl)cc2Cl)NC(=S)N(c2ccccc2)N1. The molecule has 2 aromatic carbocycles. The third kappa shape index (κ3) is 2.68. The van der Waals surface area contributed by atoms with Crippen LogP contribution in [-0.4, -0.2) is 5.11 Å². The first kappa shape index (κ1) is 15.6. The Labute approximate surface area is 145 Å². The molecule has 114 valence electrons. The quantitative estimate of drug-likeness (QED) is 0.798. The molecule has 1 saturated heterocycles. The van der Waals surface area contributed by atoms with Gasteiger partial charge in [0, 0.05) is 15.6 Å². The van der Waals surface area contributed by atoms with E-state index in [-0.39, 0.29) is 0 Å². The van der Waals surface area contributed by atoms with E-state index in [2.05, 4.69) is 17.7 Å². The van der Waals surface area contributed by atoms with E-state index in [9.17, 15) is 0 Å². The smallest absolute Gasteiger partial charge is 0.190 e. The van der Waals surface area contributed by atoms with Crippen LogP contribution in [0.25, 0.3) is 0 Å². The Morgan fingerprint density at radius 1 is 1.14 bits per heavy atom. The summed E-state index contributed by atoms with van der Waals surface area (Å²) in [7, 11) is 0. The first-order valence-corrected chi connectivity index (χ1v) is 8.13. The third-order valence-electron chi connectivity index (χ3n) is 3.76. The molecule has 1 heterocycles. The molecule has 22 heavy (non-hydrogen) atoms. The van der Waals surface area contributed by atoms with Gasteiger partial charge in [-0.05, 0) is 42.9 Å². The topological polar surface area (TPSA) is 27.3 Å². The molecule has 0 radical (unpaired) electrons. The molecule has 0 bridgehead atoms. The van der Waals surface area contributed by atoms with Crippen LogP contribution in [0.4, 0.5) is 5.69 Å². The van der Waals surface area contributed by atoms with Crippen LogP contribution in [0.3, 0.4) is 0 Å². The summed E-state index contributed by atoms with van der Waals surface area (Å²) in [6.45, 7) is 2.07. The fourth-order valence-electron chi connectivity index (χ4n) is 2.59. The lowest BCUT2D eigenvalue weighted by Crippen LogP contribution is -2.48. The molecule has 3 nitrogen and oxygen atoms in total. The molecule has 1 atom stereocenters. The Morgan fingerprint density at radius 3 is 2.50 bits per heavy atom. The zero-order chi connectivity index (χ0) is 15.7. The predicted molar refractivity (Wildman–Crippen MR) is 96.2 cm³/mol. The number of nitrogens with zero attached hydrogens (tertiary/aromatic N) is 1. The summed E-state index contributed by atoms with van der Waals surface area (Å²) in [5.41, 5.74) is 4.79. The highest BCUT2D eigenvalue weighted by atomic mass is 35.5. The van der Waals surface area contributed by atoms with Crippen molar-refractivity contribution in [3.05, 3.63) is 64.1 Å². The van der Waals surface area contributed by atoms with Crippen molar-refractivity contribution in [3.63, 3.8) is 0 Å². The Kier molecular flexibility index (Phi) is 4.28. The number of anilines is 1. The summed E-state index contributed by atoms with van der Waals surface area (Å²) >= 11 is 17.9. The summed E-state index contributed by atoms with van der Waals surface area (Å²) < 4.78 is 0. The lowest BCUT2D eigenvalue weighted by Gasteiger charge is -2.30. The van der Waals surface area contributed by atoms with Gasteiger partial charge in [-0.15, -0.1) is 0 Å². The average molecular weight is 352 g/mol. The van der Waals surface area contributed by atoms with Gasteiger partial charge in [0.25, 0.3) is 0 Å². The second-order valence-electron chi connectivity index (χ2n) is 5.10. The molecular formula is C16H15Cl2N3S. The molecule has 0 spiro atoms. The molecule has 1 fully saturated rings. The van der Waals surface area contributed by atoms with Crippen LogP contribution in [0, 0.1) is 0 Å². The molecule has 3 rings (SSSR count). The molecule has 0 saturated carbocycles. The van der Waals surface area contributed by atoms with E-state index in [1.54, 1.807) is 6.07 Å². The van der Waals surface area contributed by atoms with Crippen LogP contribution in [0.1, 0.15) is 18.9 Å². The van der Waals surface area contributed by atoms with Crippen LogP contribution >= 0.6 is 35.4 Å². The first-order valence-electron chi connectivity index (χ1n) is 6.96. The van der Waals surface area contributed by atoms with Crippen LogP contribution < -0.4 is 15.8 Å². The normalized spacial score (nSPS) is 21.0. The van der Waals surface area contributed by atoms with E-state index in [0.29, 0.717) is 15.2 Å². The number of nitrogens with one attached hydrogen (secondary N) is 2. The van der Waals surface area contributed by atoms with Crippen molar-refractivity contribution in [2.75, 3.05) is 5.01 Å². The molecule has 2 aromatic rings. The molecule has 6 heteroatoms. The van der Waals surface area contributed by atoms with E-state index >= 15 is 0 Å². The van der Waals surface area contributed by atoms with Crippen molar-refractivity contribution in [2.45, 2.75) is 19.0 Å². The predicted octanol–water partition coefficient (Wildman–Crippen LogP) is 4.46. The standard InChI is InChI=1S/C16H15Cl2N3S/c1-2-16(13-9-8-11(17)10-14(13)18)19-15(22)21(20-16)12-6-4-3-5-7-12/h3-10,20H,2H2,1H3,(H,19,22)/t16-/m0/s1. The maximum Gasteiger partial charge on any atom is 0.190 e. The summed E-state index contributed by atoms with van der Waals surface area (Å²) in [6.07, 6.45) is 0.762. The average Bonchev–Trinajstić information content (AvgIpc) is 2.86. The van der Waals surface area contributed by atoms with Crippen LogP contribution in [0.5, 0.6) is 0 Å². The van der Waals surface area contributed by atoms with Crippen LogP contribution in [0.15, 0.2) is 48.5 Å². The van der Waals surface area contributed by atoms with Crippen LogP contribution in [-0.2, 0) is 5.66 Å². The number of hydrazine groups is 1. The number of para-hydroxylation sites is 1. The van der Waals surface area contributed by atoms with Gasteiger partial charge in [-0.2, -0.15) is 5.43 Å². The van der Waals surface area contributed by atoms with Crippen molar-refractivity contribution in [2.24, 2.45) is 0 Å². The van der Waals surface area contributed by atoms with Crippen molar-refractivity contribution in [1.82, 2.24) is 10.7 Å². The number of rotatable bonds is 3. The van der Waals surface area contributed by atoms with Gasteiger partial charge in [-0.3, -0.25) is 0 Å². The summed E-state index contributed by atoms with van der Waals surface area (Å²) in [5.74, 6) is 0. The van der Waals surface area contributed by atoms with Gasteiger partial charge in [-0.1, -0.05) is 54.4 Å². The largest absolute Gasteiger partial charge is 0.338 e. The maximum absolute atomic E-state index is 6.39. The van der Waals surface area contributed by atoms with Gasteiger partial charge < -0.3 is 5.32 Å². The molecule has 0 unspecified atom stereocenters. The first-order chi connectivity index (χ1) is 10.6. The van der Waals surface area contributed by atoms with Crippen molar-refractivity contribution < 1.29 is 0 Å². The minimum Gasteiger partial charge on any atom is -0.338 e. The van der Waals surface area contributed by atoms with Crippen molar-refractivity contribution >= 4 is 46.2 Å². The summed E-state index contributed by atoms with van der Waals surface area (Å²) in [5, 5.41) is 7.05. The number of hydrogen-bond donors (Lipinski definition) is 2. The maximum atomic E-state index is 6.39. The molecular weight excluding hydrogens is 337 g/mol. The summed E-state index contributed by atoms with van der Waals surface area (Å²) in [4.78, 5) is 0. The molecule has 1 aliphatic rings. The number of thiocarbonyl (C=S) groups is 1. The van der Waals surface area contributed by atoms with Gasteiger partial charge in [0.1, 0.15) is 5.66 Å². The minimum atomic E-state index is -0.547. The van der Waals surface area contributed by atoms with Crippen molar-refractivity contribution in [1.29, 1.82) is 0 Å². The van der Waals surface area contributed by atoms with Gasteiger partial charge in [-0.25, -0.2) is 5.01 Å². The number of halogens is 2. The Morgan fingerprint density at radius 2 is 1.86 bits per heavy atom. The highest BCUT2D eigenvalue weighted by Gasteiger charge is 2.42. The summed E-state index contributed by atoms with van der Waals surface area (Å²) in [6, 6.07) is 15.4. The third-order valence-corrected chi connectivity index (χ3v) is 4.59. The van der Waals surface area contributed by atoms with E-state index in [4.69, 9.17) is 35.4 Å². The zero-order valence-electron chi connectivity index (χ0n) is 11.9. The Balaban J connectivity index is 2.00. The van der Waals surface area contributed by atoms with Crippen LogP contribution in [0.2, 0.25) is 10.0 Å². The fourth-order valence-corrected chi connectivity index (χ4v) is 3.48. The number of benzene rings is 2. The molecule has 2 N–H and O–H groups in total. The lowest BCUT2D eigenvalue weighted by molar-refractivity contribution is 0.337. The van der Waals surface area contributed by atoms with Gasteiger partial charge in [0.2, 0.25) is 0 Å². The molecule has 0 aliphatic carbocycles. The molecule has 0 aromatic heterocycles. The monoisotopic (exact) mass is 351 g/mol. The Hall–Kier alpha value is -1.33. The van der Waals surface area contributed by atoms with Crippen molar-refractivity contribution in [3.8, 4) is 0 Å². The highest BCUT2D eigenvalue weighted by molar-refractivity contribution is 7.80. The Bertz CT molecular complexity index is 708.